The zero-order valence-electron chi connectivity index (χ0n) is 18.5. The lowest BCUT2D eigenvalue weighted by atomic mass is 9.48. The van der Waals surface area contributed by atoms with E-state index in [4.69, 9.17) is 14.2 Å². The number of hydrogen-bond donors (Lipinski definition) is 1. The summed E-state index contributed by atoms with van der Waals surface area (Å²) in [5.41, 5.74) is -0.173. The molecular weight excluding hydrogens is 400 g/mol. The van der Waals surface area contributed by atoms with Crippen molar-refractivity contribution in [2.24, 2.45) is 23.2 Å². The summed E-state index contributed by atoms with van der Waals surface area (Å²) >= 11 is 0. The fourth-order valence-corrected chi connectivity index (χ4v) is 6.52. The summed E-state index contributed by atoms with van der Waals surface area (Å²) < 4.78 is 15.8. The lowest BCUT2D eigenvalue weighted by Crippen LogP contribution is -2.55. The highest BCUT2D eigenvalue weighted by Crippen LogP contribution is 2.61. The van der Waals surface area contributed by atoms with Gasteiger partial charge in [-0.1, -0.05) is 0 Å². The van der Waals surface area contributed by atoms with Gasteiger partial charge in [0.1, 0.15) is 12.2 Å². The lowest BCUT2D eigenvalue weighted by molar-refractivity contribution is -0.385. The number of nitro groups is 1. The van der Waals surface area contributed by atoms with Crippen molar-refractivity contribution in [3.05, 3.63) is 27.8 Å². The Balaban J connectivity index is 1.55. The van der Waals surface area contributed by atoms with Gasteiger partial charge < -0.3 is 19.5 Å². The molecule has 4 bridgehead atoms. The molecule has 5 rings (SSSR count). The van der Waals surface area contributed by atoms with Crippen LogP contribution >= 0.6 is 0 Å². The second-order valence-corrected chi connectivity index (χ2v) is 9.59. The van der Waals surface area contributed by atoms with Crippen molar-refractivity contribution in [3.63, 3.8) is 0 Å². The Labute approximate surface area is 182 Å². The Kier molecular flexibility index (Phi) is 6.10. The van der Waals surface area contributed by atoms with Gasteiger partial charge in [0.25, 0.3) is 11.6 Å². The quantitative estimate of drug-likeness (QED) is 0.360. The van der Waals surface area contributed by atoms with Crippen LogP contribution in [0.5, 0.6) is 11.5 Å². The van der Waals surface area contributed by atoms with Crippen molar-refractivity contribution in [2.45, 2.75) is 51.5 Å². The van der Waals surface area contributed by atoms with E-state index in [0.717, 1.165) is 37.0 Å². The second-order valence-electron chi connectivity index (χ2n) is 9.59. The molecule has 4 aliphatic rings. The standard InChI is InChI=1S/C23H32N2O6/c1-14(23-11-15-6-16(12-23)8-17(7-15)13-23)24-22(26)18-9-20(30-3)21(31-5-4-29-2)10-19(18)25(27)28/h9-10,14-17H,4-8,11-13H2,1-3H3,(H,24,26). The van der Waals surface area contributed by atoms with Gasteiger partial charge in [-0.2, -0.15) is 0 Å². The maximum atomic E-state index is 13.2. The normalized spacial score (nSPS) is 29.5. The van der Waals surface area contributed by atoms with Crippen LogP contribution < -0.4 is 14.8 Å². The maximum Gasteiger partial charge on any atom is 0.286 e. The highest BCUT2D eigenvalue weighted by Gasteiger charge is 2.53. The van der Waals surface area contributed by atoms with E-state index in [0.29, 0.717) is 6.61 Å². The monoisotopic (exact) mass is 432 g/mol. The fraction of sp³-hybridized carbons (Fsp3) is 0.696. The van der Waals surface area contributed by atoms with Gasteiger partial charge in [0.15, 0.2) is 11.5 Å². The zero-order valence-corrected chi connectivity index (χ0v) is 18.5. The average molecular weight is 433 g/mol. The van der Waals surface area contributed by atoms with E-state index in [2.05, 4.69) is 12.2 Å². The van der Waals surface area contributed by atoms with E-state index >= 15 is 0 Å². The van der Waals surface area contributed by atoms with Crippen molar-refractivity contribution >= 4 is 11.6 Å². The Morgan fingerprint density at radius 3 is 2.26 bits per heavy atom. The topological polar surface area (TPSA) is 99.9 Å². The molecule has 8 nitrogen and oxygen atoms in total. The van der Waals surface area contributed by atoms with Gasteiger partial charge in [0, 0.05) is 19.2 Å². The summed E-state index contributed by atoms with van der Waals surface area (Å²) in [6.45, 7) is 2.62. The van der Waals surface area contributed by atoms with E-state index in [1.807, 2.05) is 0 Å². The van der Waals surface area contributed by atoms with Gasteiger partial charge in [-0.3, -0.25) is 14.9 Å². The number of methoxy groups -OCH3 is 2. The highest BCUT2D eigenvalue weighted by atomic mass is 16.6. The first-order chi connectivity index (χ1) is 14.8. The molecule has 0 radical (unpaired) electrons. The highest BCUT2D eigenvalue weighted by molar-refractivity contribution is 5.99. The fourth-order valence-electron chi connectivity index (χ4n) is 6.52. The van der Waals surface area contributed by atoms with E-state index in [-0.39, 0.29) is 40.8 Å². The predicted octanol–water partition coefficient (Wildman–Crippen LogP) is 3.96. The molecule has 4 fully saturated rings. The van der Waals surface area contributed by atoms with E-state index in [1.165, 1.54) is 38.5 Å². The molecule has 31 heavy (non-hydrogen) atoms. The van der Waals surface area contributed by atoms with Crippen LogP contribution in [0.25, 0.3) is 0 Å². The van der Waals surface area contributed by atoms with E-state index < -0.39 is 10.8 Å². The summed E-state index contributed by atoms with van der Waals surface area (Å²) in [6.07, 6.45) is 7.43. The number of benzene rings is 1. The minimum atomic E-state index is -0.549. The Morgan fingerprint density at radius 2 is 1.74 bits per heavy atom. The number of rotatable bonds is 9. The van der Waals surface area contributed by atoms with Crippen LogP contribution in [0.3, 0.4) is 0 Å². The maximum absolute atomic E-state index is 13.2. The number of nitro benzene ring substituents is 1. The van der Waals surface area contributed by atoms with Gasteiger partial charge in [-0.05, 0) is 68.6 Å². The summed E-state index contributed by atoms with van der Waals surface area (Å²) in [5.74, 6) is 2.37. The van der Waals surface area contributed by atoms with Crippen LogP contribution in [0.4, 0.5) is 5.69 Å². The van der Waals surface area contributed by atoms with Crippen LogP contribution in [-0.4, -0.2) is 44.3 Å². The van der Waals surface area contributed by atoms with Crippen LogP contribution in [-0.2, 0) is 4.74 Å². The van der Waals surface area contributed by atoms with Gasteiger partial charge in [0.2, 0.25) is 0 Å². The number of carbonyl (C=O) groups is 1. The minimum Gasteiger partial charge on any atom is -0.493 e. The van der Waals surface area contributed by atoms with Crippen LogP contribution in [0.2, 0.25) is 0 Å². The van der Waals surface area contributed by atoms with Gasteiger partial charge in [-0.15, -0.1) is 0 Å². The third-order valence-electron chi connectivity index (χ3n) is 7.62. The SMILES string of the molecule is COCCOc1cc([N+](=O)[O-])c(C(=O)NC(C)C23CC4CC(CC(C4)C2)C3)cc1OC. The van der Waals surface area contributed by atoms with Gasteiger partial charge in [-0.25, -0.2) is 0 Å². The molecular formula is C23H32N2O6. The molecule has 1 amide bonds. The van der Waals surface area contributed by atoms with Crippen molar-refractivity contribution in [2.75, 3.05) is 27.4 Å². The zero-order chi connectivity index (χ0) is 22.2. The van der Waals surface area contributed by atoms with E-state index in [1.54, 1.807) is 7.11 Å². The average Bonchev–Trinajstić information content (AvgIpc) is 2.72. The number of amides is 1. The number of nitrogens with one attached hydrogen (secondary N) is 1. The summed E-state index contributed by atoms with van der Waals surface area (Å²) in [6, 6.07) is 2.64. The molecule has 1 N–H and O–H groups in total. The molecule has 0 saturated heterocycles. The van der Waals surface area contributed by atoms with Crippen LogP contribution in [0, 0.1) is 33.3 Å². The molecule has 4 aliphatic carbocycles. The first-order valence-electron chi connectivity index (χ1n) is 11.1. The molecule has 170 valence electrons. The number of nitrogens with zero attached hydrogens (tertiary/aromatic N) is 1. The Morgan fingerprint density at radius 1 is 1.13 bits per heavy atom. The third kappa shape index (κ3) is 4.22. The molecule has 0 aliphatic heterocycles. The number of ether oxygens (including phenoxy) is 3. The molecule has 4 saturated carbocycles. The van der Waals surface area contributed by atoms with Gasteiger partial charge in [0.05, 0.1) is 24.7 Å². The molecule has 0 spiro atoms. The minimum absolute atomic E-state index is 0.00230. The molecule has 0 aromatic heterocycles. The van der Waals surface area contributed by atoms with Crippen LogP contribution in [0.1, 0.15) is 55.8 Å². The molecule has 0 heterocycles. The van der Waals surface area contributed by atoms with Crippen molar-refractivity contribution in [3.8, 4) is 11.5 Å². The third-order valence-corrected chi connectivity index (χ3v) is 7.62. The van der Waals surface area contributed by atoms with Crippen molar-refractivity contribution < 1.29 is 23.9 Å². The number of hydrogen-bond acceptors (Lipinski definition) is 6. The second kappa shape index (κ2) is 8.65. The van der Waals surface area contributed by atoms with Crippen molar-refractivity contribution in [1.29, 1.82) is 0 Å². The Bertz CT molecular complexity index is 819. The summed E-state index contributed by atoms with van der Waals surface area (Å²) in [5, 5.41) is 14.8. The molecule has 1 atom stereocenters. The Hall–Kier alpha value is -2.35. The first-order valence-corrected chi connectivity index (χ1v) is 11.1. The number of carbonyl (C=O) groups excluding carboxylic acids is 1. The summed E-state index contributed by atoms with van der Waals surface area (Å²) in [4.78, 5) is 24.4. The molecule has 1 unspecified atom stereocenters. The van der Waals surface area contributed by atoms with Crippen molar-refractivity contribution in [1.82, 2.24) is 5.32 Å². The lowest BCUT2D eigenvalue weighted by Gasteiger charge is -2.59. The largest absolute Gasteiger partial charge is 0.493 e. The molecule has 8 heteroatoms. The van der Waals surface area contributed by atoms with Crippen LogP contribution in [0.15, 0.2) is 12.1 Å². The predicted molar refractivity (Wildman–Crippen MR) is 115 cm³/mol. The smallest absolute Gasteiger partial charge is 0.286 e. The molecule has 1 aromatic carbocycles. The molecule has 1 aromatic rings. The summed E-state index contributed by atoms with van der Waals surface area (Å²) in [7, 11) is 2.99. The first kappa shape index (κ1) is 21.9. The van der Waals surface area contributed by atoms with Gasteiger partial charge >= 0.3 is 0 Å². The van der Waals surface area contributed by atoms with E-state index in [9.17, 15) is 14.9 Å².